The van der Waals surface area contributed by atoms with Crippen LogP contribution in [0.1, 0.15) is 38.5 Å². The fraction of sp³-hybridized carbons (Fsp3) is 0.833. The van der Waals surface area contributed by atoms with Gasteiger partial charge in [0.1, 0.15) is 6.10 Å². The molecular formula is C12H19NO5. The van der Waals surface area contributed by atoms with Crippen LogP contribution in [0.15, 0.2) is 0 Å². The third-order valence-corrected chi connectivity index (χ3v) is 3.64. The van der Waals surface area contributed by atoms with Gasteiger partial charge in [-0.05, 0) is 25.7 Å². The minimum absolute atomic E-state index is 0.223. The number of carboxylic acids is 1. The molecule has 0 bridgehead atoms. The molecule has 102 valence electrons. The van der Waals surface area contributed by atoms with Crippen LogP contribution in [0.3, 0.4) is 0 Å². The Kier molecular flexibility index (Phi) is 4.19. The molecule has 1 heterocycles. The van der Waals surface area contributed by atoms with Gasteiger partial charge in [0.25, 0.3) is 0 Å². The van der Waals surface area contributed by atoms with Crippen LogP contribution < -0.4 is 5.32 Å². The first-order chi connectivity index (χ1) is 8.58. The van der Waals surface area contributed by atoms with Crippen molar-refractivity contribution in [2.75, 3.05) is 0 Å². The number of aliphatic carboxylic acids is 1. The molecule has 6 nitrogen and oxygen atoms in total. The molecule has 18 heavy (non-hydrogen) atoms. The van der Waals surface area contributed by atoms with Gasteiger partial charge in [0.05, 0.1) is 12.1 Å². The van der Waals surface area contributed by atoms with Crippen LogP contribution in [0.25, 0.3) is 0 Å². The van der Waals surface area contributed by atoms with E-state index in [9.17, 15) is 14.7 Å². The fourth-order valence-electron chi connectivity index (χ4n) is 2.57. The Morgan fingerprint density at radius 2 is 1.72 bits per heavy atom. The van der Waals surface area contributed by atoms with Gasteiger partial charge < -0.3 is 20.3 Å². The summed E-state index contributed by atoms with van der Waals surface area (Å²) in [6.45, 7) is 0. The van der Waals surface area contributed by atoms with Crippen molar-refractivity contribution in [1.29, 1.82) is 0 Å². The average molecular weight is 257 g/mol. The molecule has 1 saturated heterocycles. The van der Waals surface area contributed by atoms with Gasteiger partial charge in [-0.2, -0.15) is 0 Å². The minimum Gasteiger partial charge on any atom is -0.479 e. The van der Waals surface area contributed by atoms with Gasteiger partial charge in [-0.3, -0.25) is 4.79 Å². The lowest BCUT2D eigenvalue weighted by Gasteiger charge is -2.29. The Bertz CT molecular complexity index is 332. The van der Waals surface area contributed by atoms with E-state index < -0.39 is 24.3 Å². The maximum atomic E-state index is 11.9. The number of aliphatic hydroxyl groups is 1. The topological polar surface area (TPSA) is 95.9 Å². The number of amides is 1. The predicted molar refractivity (Wildman–Crippen MR) is 61.9 cm³/mol. The first kappa shape index (κ1) is 13.3. The summed E-state index contributed by atoms with van der Waals surface area (Å²) >= 11 is 0. The zero-order valence-electron chi connectivity index (χ0n) is 10.2. The minimum atomic E-state index is -1.02. The average Bonchev–Trinajstić information content (AvgIpc) is 2.81. The number of aliphatic hydroxyl groups excluding tert-OH is 1. The highest BCUT2D eigenvalue weighted by Crippen LogP contribution is 2.22. The van der Waals surface area contributed by atoms with Crippen molar-refractivity contribution in [1.82, 2.24) is 5.32 Å². The molecule has 3 N–H and O–H groups in total. The molecule has 2 aliphatic rings. The standard InChI is InChI=1S/C12H19NO5/c14-8-4-2-1-3-7(8)13-11(15)9-5-6-10(18-9)12(16)17/h7-10,14H,1-6H2,(H,13,15)(H,16,17)/t7-,8-,9?,10?/m1/s1. The molecule has 0 aromatic carbocycles. The number of carbonyl (C=O) groups excluding carboxylic acids is 1. The molecule has 4 atom stereocenters. The predicted octanol–water partition coefficient (Wildman–Crippen LogP) is 0.0383. The second-order valence-electron chi connectivity index (χ2n) is 5.00. The summed E-state index contributed by atoms with van der Waals surface area (Å²) in [5.74, 6) is -1.33. The molecule has 1 amide bonds. The van der Waals surface area contributed by atoms with Gasteiger partial charge in [0.2, 0.25) is 5.91 Å². The Labute approximate surface area is 105 Å². The van der Waals surface area contributed by atoms with Crippen LogP contribution in [0.5, 0.6) is 0 Å². The number of carboxylic acid groups (broad SMARTS) is 1. The number of ether oxygens (including phenoxy) is 1. The van der Waals surface area contributed by atoms with Crippen molar-refractivity contribution in [2.24, 2.45) is 0 Å². The normalized spacial score (nSPS) is 36.3. The smallest absolute Gasteiger partial charge is 0.332 e. The molecule has 1 aliphatic carbocycles. The first-order valence-electron chi connectivity index (χ1n) is 6.44. The van der Waals surface area contributed by atoms with E-state index in [-0.39, 0.29) is 11.9 Å². The van der Waals surface area contributed by atoms with Gasteiger partial charge >= 0.3 is 5.97 Å². The van der Waals surface area contributed by atoms with Crippen LogP contribution >= 0.6 is 0 Å². The van der Waals surface area contributed by atoms with Crippen molar-refractivity contribution < 1.29 is 24.5 Å². The van der Waals surface area contributed by atoms with Crippen LogP contribution in [0.4, 0.5) is 0 Å². The lowest BCUT2D eigenvalue weighted by Crippen LogP contribution is -2.48. The van der Waals surface area contributed by atoms with Gasteiger partial charge in [-0.15, -0.1) is 0 Å². The molecular weight excluding hydrogens is 238 g/mol. The summed E-state index contributed by atoms with van der Waals surface area (Å²) in [6, 6.07) is -0.223. The van der Waals surface area contributed by atoms with Gasteiger partial charge in [-0.25, -0.2) is 4.79 Å². The second kappa shape index (κ2) is 5.67. The molecule has 6 heteroatoms. The van der Waals surface area contributed by atoms with Crippen LogP contribution in [-0.4, -0.2) is 46.4 Å². The summed E-state index contributed by atoms with van der Waals surface area (Å²) in [4.78, 5) is 22.6. The third-order valence-electron chi connectivity index (χ3n) is 3.64. The van der Waals surface area contributed by atoms with Crippen molar-refractivity contribution >= 4 is 11.9 Å². The van der Waals surface area contributed by atoms with Crippen molar-refractivity contribution in [3.63, 3.8) is 0 Å². The highest BCUT2D eigenvalue weighted by molar-refractivity contribution is 5.82. The Balaban J connectivity index is 1.83. The van der Waals surface area contributed by atoms with E-state index in [1.54, 1.807) is 0 Å². The van der Waals surface area contributed by atoms with Crippen molar-refractivity contribution in [2.45, 2.75) is 62.9 Å². The maximum absolute atomic E-state index is 11.9. The molecule has 2 fully saturated rings. The summed E-state index contributed by atoms with van der Waals surface area (Å²) in [5, 5.41) is 21.3. The number of carbonyl (C=O) groups is 2. The third kappa shape index (κ3) is 3.00. The zero-order valence-corrected chi connectivity index (χ0v) is 10.2. The highest BCUT2D eigenvalue weighted by Gasteiger charge is 2.36. The number of hydrogen-bond acceptors (Lipinski definition) is 4. The van der Waals surface area contributed by atoms with Crippen LogP contribution in [0, 0.1) is 0 Å². The fourth-order valence-corrected chi connectivity index (χ4v) is 2.57. The summed E-state index contributed by atoms with van der Waals surface area (Å²) in [7, 11) is 0. The highest BCUT2D eigenvalue weighted by atomic mass is 16.5. The van der Waals surface area contributed by atoms with E-state index >= 15 is 0 Å². The van der Waals surface area contributed by atoms with Crippen molar-refractivity contribution in [3.05, 3.63) is 0 Å². The largest absolute Gasteiger partial charge is 0.479 e. The number of rotatable bonds is 3. The van der Waals surface area contributed by atoms with E-state index in [0.717, 1.165) is 19.3 Å². The van der Waals surface area contributed by atoms with E-state index in [1.165, 1.54) is 0 Å². The van der Waals surface area contributed by atoms with E-state index in [4.69, 9.17) is 9.84 Å². The van der Waals surface area contributed by atoms with Gasteiger partial charge in [-0.1, -0.05) is 12.8 Å². The molecule has 0 aromatic heterocycles. The lowest BCUT2D eigenvalue weighted by atomic mass is 9.92. The molecule has 0 aromatic rings. The molecule has 0 spiro atoms. The Morgan fingerprint density at radius 3 is 2.33 bits per heavy atom. The van der Waals surface area contributed by atoms with E-state index in [1.807, 2.05) is 0 Å². The maximum Gasteiger partial charge on any atom is 0.332 e. The summed E-state index contributed by atoms with van der Waals surface area (Å²) < 4.78 is 5.17. The van der Waals surface area contributed by atoms with E-state index in [0.29, 0.717) is 19.3 Å². The molecule has 1 aliphatic heterocycles. The Hall–Kier alpha value is -1.14. The Morgan fingerprint density at radius 1 is 1.06 bits per heavy atom. The molecule has 2 unspecified atom stereocenters. The summed E-state index contributed by atoms with van der Waals surface area (Å²) in [5.41, 5.74) is 0. The molecule has 2 rings (SSSR count). The summed E-state index contributed by atoms with van der Waals surface area (Å²) in [6.07, 6.45) is 2.15. The van der Waals surface area contributed by atoms with Gasteiger partial charge in [0.15, 0.2) is 6.10 Å². The van der Waals surface area contributed by atoms with Crippen LogP contribution in [-0.2, 0) is 14.3 Å². The zero-order chi connectivity index (χ0) is 13.1. The van der Waals surface area contributed by atoms with Crippen molar-refractivity contribution in [3.8, 4) is 0 Å². The SMILES string of the molecule is O=C(O)C1CCC(C(=O)N[C@@H]2CCCC[C@H]2O)O1. The van der Waals surface area contributed by atoms with E-state index in [2.05, 4.69) is 5.32 Å². The molecule has 0 radical (unpaired) electrons. The number of nitrogens with one attached hydrogen (secondary N) is 1. The quantitative estimate of drug-likeness (QED) is 0.663. The molecule has 1 saturated carbocycles. The second-order valence-corrected chi connectivity index (χ2v) is 5.00. The monoisotopic (exact) mass is 257 g/mol. The van der Waals surface area contributed by atoms with Gasteiger partial charge in [0, 0.05) is 0 Å². The van der Waals surface area contributed by atoms with Crippen LogP contribution in [0.2, 0.25) is 0 Å². The first-order valence-corrected chi connectivity index (χ1v) is 6.44. The number of hydrogen-bond donors (Lipinski definition) is 3. The lowest BCUT2D eigenvalue weighted by molar-refractivity contribution is -0.152.